The maximum atomic E-state index is 5.61. The lowest BCUT2D eigenvalue weighted by molar-refractivity contribution is 0.549. The Morgan fingerprint density at radius 2 is 1.82 bits per heavy atom. The van der Waals surface area contributed by atoms with Gasteiger partial charge in [0.2, 0.25) is 0 Å². The van der Waals surface area contributed by atoms with Crippen LogP contribution in [0.5, 0.6) is 0 Å². The zero-order chi connectivity index (χ0) is 12.5. The first-order valence-electron chi connectivity index (χ1n) is 6.74. The molecule has 1 aromatic carbocycles. The number of nitrogens with two attached hydrogens (primary N) is 1. The maximum Gasteiger partial charge on any atom is 0.00720 e. The van der Waals surface area contributed by atoms with E-state index in [1.165, 1.54) is 29.7 Å². The molecule has 0 aliphatic carbocycles. The third-order valence-corrected chi connectivity index (χ3v) is 3.95. The third-order valence-electron chi connectivity index (χ3n) is 3.06. The van der Waals surface area contributed by atoms with Gasteiger partial charge in [0.1, 0.15) is 0 Å². The van der Waals surface area contributed by atoms with Crippen molar-refractivity contribution in [1.29, 1.82) is 0 Å². The highest BCUT2D eigenvalue weighted by molar-refractivity contribution is 7.99. The summed E-state index contributed by atoms with van der Waals surface area (Å²) in [4.78, 5) is 1.38. The molecule has 0 heterocycles. The predicted molar refractivity (Wildman–Crippen MR) is 78.8 cm³/mol. The predicted octanol–water partition coefficient (Wildman–Crippen LogP) is 4.42. The van der Waals surface area contributed by atoms with Crippen molar-refractivity contribution in [2.45, 2.75) is 50.3 Å². The fourth-order valence-corrected chi connectivity index (χ4v) is 2.86. The van der Waals surface area contributed by atoms with Crippen LogP contribution in [-0.4, -0.2) is 12.3 Å². The second kappa shape index (κ2) is 8.60. The second-order valence-electron chi connectivity index (χ2n) is 4.42. The Morgan fingerprint density at radius 1 is 1.12 bits per heavy atom. The molecule has 96 valence electrons. The standard InChI is InChI=1S/C15H25NS/c1-3-6-13(7-5-12-16)14-8-10-15(11-9-14)17-4-2/h8-11,13H,3-7,12,16H2,1-2H3. The topological polar surface area (TPSA) is 26.0 Å². The van der Waals surface area contributed by atoms with E-state index in [2.05, 4.69) is 38.1 Å². The van der Waals surface area contributed by atoms with Crippen LogP contribution in [0.2, 0.25) is 0 Å². The summed E-state index contributed by atoms with van der Waals surface area (Å²) >= 11 is 1.91. The van der Waals surface area contributed by atoms with E-state index < -0.39 is 0 Å². The number of hydrogen-bond acceptors (Lipinski definition) is 2. The van der Waals surface area contributed by atoms with Gasteiger partial charge in [-0.2, -0.15) is 0 Å². The van der Waals surface area contributed by atoms with E-state index in [4.69, 9.17) is 5.73 Å². The van der Waals surface area contributed by atoms with E-state index >= 15 is 0 Å². The summed E-state index contributed by atoms with van der Waals surface area (Å²) in [6, 6.07) is 9.12. The molecule has 1 aromatic rings. The van der Waals surface area contributed by atoms with Gasteiger partial charge in [0.05, 0.1) is 0 Å². The highest BCUT2D eigenvalue weighted by Gasteiger charge is 2.09. The van der Waals surface area contributed by atoms with Crippen LogP contribution in [0.15, 0.2) is 29.2 Å². The average molecular weight is 251 g/mol. The van der Waals surface area contributed by atoms with Crippen LogP contribution in [0.1, 0.15) is 51.0 Å². The number of hydrogen-bond donors (Lipinski definition) is 1. The van der Waals surface area contributed by atoms with Crippen molar-refractivity contribution in [3.63, 3.8) is 0 Å². The fourth-order valence-electron chi connectivity index (χ4n) is 2.19. The lowest BCUT2D eigenvalue weighted by Gasteiger charge is -2.16. The smallest absolute Gasteiger partial charge is 0.00720 e. The van der Waals surface area contributed by atoms with Crippen molar-refractivity contribution in [3.05, 3.63) is 29.8 Å². The molecule has 0 spiro atoms. The van der Waals surface area contributed by atoms with E-state index in [-0.39, 0.29) is 0 Å². The Bertz CT molecular complexity index is 294. The Morgan fingerprint density at radius 3 is 2.35 bits per heavy atom. The van der Waals surface area contributed by atoms with E-state index in [1.54, 1.807) is 0 Å². The highest BCUT2D eigenvalue weighted by atomic mass is 32.2. The molecule has 1 unspecified atom stereocenters. The minimum atomic E-state index is 0.698. The van der Waals surface area contributed by atoms with Crippen molar-refractivity contribution in [1.82, 2.24) is 0 Å². The molecular formula is C15H25NS. The molecule has 0 aromatic heterocycles. The van der Waals surface area contributed by atoms with Crippen LogP contribution < -0.4 is 5.73 Å². The first-order chi connectivity index (χ1) is 8.31. The zero-order valence-corrected chi connectivity index (χ0v) is 11.9. The number of benzene rings is 1. The summed E-state index contributed by atoms with van der Waals surface area (Å²) in [5.41, 5.74) is 7.10. The van der Waals surface area contributed by atoms with E-state index in [0.29, 0.717) is 5.92 Å². The minimum Gasteiger partial charge on any atom is -0.330 e. The second-order valence-corrected chi connectivity index (χ2v) is 5.76. The van der Waals surface area contributed by atoms with Crippen molar-refractivity contribution < 1.29 is 0 Å². The summed E-state index contributed by atoms with van der Waals surface area (Å²) in [7, 11) is 0. The van der Waals surface area contributed by atoms with Gasteiger partial charge >= 0.3 is 0 Å². The molecule has 0 amide bonds. The zero-order valence-electron chi connectivity index (χ0n) is 11.1. The van der Waals surface area contributed by atoms with E-state index in [1.807, 2.05) is 11.8 Å². The molecule has 17 heavy (non-hydrogen) atoms. The van der Waals surface area contributed by atoms with Crippen LogP contribution in [0, 0.1) is 0 Å². The quantitative estimate of drug-likeness (QED) is 0.692. The molecule has 2 N–H and O–H groups in total. The lowest BCUT2D eigenvalue weighted by Crippen LogP contribution is -2.04. The molecule has 0 aliphatic heterocycles. The summed E-state index contributed by atoms with van der Waals surface area (Å²) in [6.45, 7) is 5.26. The van der Waals surface area contributed by atoms with Gasteiger partial charge in [0.15, 0.2) is 0 Å². The van der Waals surface area contributed by atoms with Crippen molar-refractivity contribution in [3.8, 4) is 0 Å². The monoisotopic (exact) mass is 251 g/mol. The van der Waals surface area contributed by atoms with Gasteiger partial charge in [-0.25, -0.2) is 0 Å². The molecule has 0 radical (unpaired) electrons. The van der Waals surface area contributed by atoms with Gasteiger partial charge in [0.25, 0.3) is 0 Å². The Kier molecular flexibility index (Phi) is 7.38. The minimum absolute atomic E-state index is 0.698. The normalized spacial score (nSPS) is 12.6. The van der Waals surface area contributed by atoms with Gasteiger partial charge in [0, 0.05) is 4.90 Å². The van der Waals surface area contributed by atoms with Crippen molar-refractivity contribution >= 4 is 11.8 Å². The van der Waals surface area contributed by atoms with Crippen LogP contribution in [0.3, 0.4) is 0 Å². The first kappa shape index (κ1) is 14.6. The Labute approximate surface area is 110 Å². The van der Waals surface area contributed by atoms with Crippen LogP contribution in [0.25, 0.3) is 0 Å². The average Bonchev–Trinajstić information content (AvgIpc) is 2.36. The summed E-state index contributed by atoms with van der Waals surface area (Å²) in [5.74, 6) is 1.84. The van der Waals surface area contributed by atoms with Gasteiger partial charge in [-0.05, 0) is 55.2 Å². The molecule has 2 heteroatoms. The van der Waals surface area contributed by atoms with E-state index in [0.717, 1.165) is 18.7 Å². The van der Waals surface area contributed by atoms with E-state index in [9.17, 15) is 0 Å². The first-order valence-corrected chi connectivity index (χ1v) is 7.73. The third kappa shape index (κ3) is 5.13. The number of rotatable bonds is 8. The SMILES string of the molecule is CCCC(CCCN)c1ccc(SCC)cc1. The largest absolute Gasteiger partial charge is 0.330 e. The molecule has 0 aliphatic rings. The molecule has 1 rings (SSSR count). The Hall–Kier alpha value is -0.470. The molecule has 0 saturated carbocycles. The maximum absolute atomic E-state index is 5.61. The molecule has 1 atom stereocenters. The summed E-state index contributed by atoms with van der Waals surface area (Å²) in [6.07, 6.45) is 4.89. The highest BCUT2D eigenvalue weighted by Crippen LogP contribution is 2.28. The van der Waals surface area contributed by atoms with Crippen LogP contribution in [0.4, 0.5) is 0 Å². The molecule has 0 bridgehead atoms. The van der Waals surface area contributed by atoms with Gasteiger partial charge < -0.3 is 5.73 Å². The van der Waals surface area contributed by atoms with Crippen LogP contribution in [-0.2, 0) is 0 Å². The van der Waals surface area contributed by atoms with Gasteiger partial charge in [-0.3, -0.25) is 0 Å². The van der Waals surface area contributed by atoms with Gasteiger partial charge in [-0.1, -0.05) is 32.4 Å². The fraction of sp³-hybridized carbons (Fsp3) is 0.600. The Balaban J connectivity index is 2.65. The molecule has 0 fully saturated rings. The molecular weight excluding hydrogens is 226 g/mol. The van der Waals surface area contributed by atoms with Crippen molar-refractivity contribution in [2.24, 2.45) is 5.73 Å². The number of thioether (sulfide) groups is 1. The molecule has 0 saturated heterocycles. The summed E-state index contributed by atoms with van der Waals surface area (Å²) in [5, 5.41) is 0. The van der Waals surface area contributed by atoms with Gasteiger partial charge in [-0.15, -0.1) is 11.8 Å². The molecule has 1 nitrogen and oxygen atoms in total. The van der Waals surface area contributed by atoms with Crippen molar-refractivity contribution in [2.75, 3.05) is 12.3 Å². The summed E-state index contributed by atoms with van der Waals surface area (Å²) < 4.78 is 0. The van der Waals surface area contributed by atoms with Crippen LogP contribution >= 0.6 is 11.8 Å². The lowest BCUT2D eigenvalue weighted by atomic mass is 9.90.